The lowest BCUT2D eigenvalue weighted by atomic mass is 10.3. The lowest BCUT2D eigenvalue weighted by Crippen LogP contribution is -2.33. The van der Waals surface area contributed by atoms with Crippen molar-refractivity contribution in [3.63, 3.8) is 0 Å². The van der Waals surface area contributed by atoms with Crippen molar-refractivity contribution in [3.8, 4) is 0 Å². The quantitative estimate of drug-likeness (QED) is 0.603. The van der Waals surface area contributed by atoms with Gasteiger partial charge < -0.3 is 0 Å². The van der Waals surface area contributed by atoms with Crippen molar-refractivity contribution in [2.75, 3.05) is 9.80 Å². The zero-order valence-electron chi connectivity index (χ0n) is 11.7. The second-order valence-corrected chi connectivity index (χ2v) is 6.88. The molecule has 1 aliphatic heterocycles. The van der Waals surface area contributed by atoms with E-state index in [9.17, 15) is 4.79 Å². The van der Waals surface area contributed by atoms with E-state index in [1.807, 2.05) is 0 Å². The highest BCUT2D eigenvalue weighted by molar-refractivity contribution is 7.82. The predicted molar refractivity (Wildman–Crippen MR) is 104 cm³/mol. The zero-order valence-corrected chi connectivity index (χ0v) is 15.5. The summed E-state index contributed by atoms with van der Waals surface area (Å²) in [5.41, 5.74) is 0.562. The average Bonchev–Trinajstić information content (AvgIpc) is 2.70. The SMILES string of the molecule is N=C1C(=S)N(c2cc(Cl)cc(Cl)c2)C(=O)N1c1c(Cl)cccc1Cl. The Morgan fingerprint density at radius 3 is 2.00 bits per heavy atom. The highest BCUT2D eigenvalue weighted by Gasteiger charge is 2.42. The molecule has 0 spiro atoms. The van der Waals surface area contributed by atoms with Crippen LogP contribution in [0.25, 0.3) is 0 Å². The van der Waals surface area contributed by atoms with Crippen LogP contribution in [0, 0.1) is 5.41 Å². The third-order valence-corrected chi connectivity index (χ3v) is 4.70. The lowest BCUT2D eigenvalue weighted by Gasteiger charge is -2.19. The van der Waals surface area contributed by atoms with Gasteiger partial charge in [-0.2, -0.15) is 0 Å². The van der Waals surface area contributed by atoms with Gasteiger partial charge in [-0.15, -0.1) is 0 Å². The van der Waals surface area contributed by atoms with Crippen LogP contribution in [-0.4, -0.2) is 16.9 Å². The van der Waals surface area contributed by atoms with Gasteiger partial charge in [-0.3, -0.25) is 5.41 Å². The fourth-order valence-corrected chi connectivity index (χ4v) is 3.65. The first-order valence-electron chi connectivity index (χ1n) is 6.48. The van der Waals surface area contributed by atoms with E-state index in [-0.39, 0.29) is 26.6 Å². The first-order valence-corrected chi connectivity index (χ1v) is 8.40. The van der Waals surface area contributed by atoms with Crippen LogP contribution in [0.5, 0.6) is 0 Å². The number of hydrogen-bond acceptors (Lipinski definition) is 3. The molecule has 1 N–H and O–H groups in total. The van der Waals surface area contributed by atoms with Crippen molar-refractivity contribution < 1.29 is 4.79 Å². The Hall–Kier alpha value is -1.37. The third kappa shape index (κ3) is 2.87. The van der Waals surface area contributed by atoms with Gasteiger partial charge in [-0.05, 0) is 30.3 Å². The van der Waals surface area contributed by atoms with Crippen molar-refractivity contribution in [2.24, 2.45) is 0 Å². The van der Waals surface area contributed by atoms with E-state index in [0.29, 0.717) is 15.7 Å². The molecule has 3 rings (SSSR count). The maximum atomic E-state index is 12.9. The molecule has 1 saturated heterocycles. The molecule has 0 bridgehead atoms. The first-order chi connectivity index (χ1) is 11.3. The number of benzene rings is 2. The summed E-state index contributed by atoms with van der Waals surface area (Å²) in [6, 6.07) is 8.80. The van der Waals surface area contributed by atoms with Crippen LogP contribution in [0.15, 0.2) is 36.4 Å². The van der Waals surface area contributed by atoms with Crippen molar-refractivity contribution in [3.05, 3.63) is 56.5 Å². The number of nitrogens with one attached hydrogen (secondary N) is 1. The number of thiocarbonyl (C=S) groups is 1. The molecule has 9 heteroatoms. The van der Waals surface area contributed by atoms with Crippen LogP contribution in [0.1, 0.15) is 0 Å². The van der Waals surface area contributed by atoms with Gasteiger partial charge >= 0.3 is 6.03 Å². The van der Waals surface area contributed by atoms with Gasteiger partial charge in [0.2, 0.25) is 0 Å². The van der Waals surface area contributed by atoms with E-state index in [4.69, 9.17) is 64.0 Å². The smallest absolute Gasteiger partial charge is 0.281 e. The highest BCUT2D eigenvalue weighted by atomic mass is 35.5. The third-order valence-electron chi connectivity index (χ3n) is 3.28. The number of carbonyl (C=O) groups is 1. The molecule has 1 aliphatic rings. The number of amidine groups is 1. The minimum absolute atomic E-state index is 0.00526. The summed E-state index contributed by atoms with van der Waals surface area (Å²) < 4.78 is 0. The van der Waals surface area contributed by atoms with Gasteiger partial charge in [-0.25, -0.2) is 14.6 Å². The number of halogens is 4. The molecule has 0 aliphatic carbocycles. The standard InChI is InChI=1S/C15H7Cl4N3OS/c16-7-4-8(17)6-9(5-7)21-14(24)13(20)22(15(21)23)12-10(18)2-1-3-11(12)19/h1-6,20H. The van der Waals surface area contributed by atoms with Crippen LogP contribution in [0.3, 0.4) is 0 Å². The summed E-state index contributed by atoms with van der Waals surface area (Å²) in [5, 5.41) is 9.34. The summed E-state index contributed by atoms with van der Waals surface area (Å²) in [5.74, 6) is -0.207. The molecule has 2 amide bonds. The number of carbonyl (C=O) groups excluding carboxylic acids is 1. The van der Waals surface area contributed by atoms with Gasteiger partial charge in [-0.1, -0.05) is 64.7 Å². The molecule has 122 valence electrons. The van der Waals surface area contributed by atoms with E-state index in [0.717, 1.165) is 9.80 Å². The molecule has 1 heterocycles. The van der Waals surface area contributed by atoms with Crippen molar-refractivity contribution in [1.29, 1.82) is 5.41 Å². The topological polar surface area (TPSA) is 47.4 Å². The maximum absolute atomic E-state index is 12.9. The molecule has 2 aromatic rings. The molecule has 0 saturated carbocycles. The highest BCUT2D eigenvalue weighted by Crippen LogP contribution is 2.38. The van der Waals surface area contributed by atoms with Crippen LogP contribution in [0.2, 0.25) is 20.1 Å². The Bertz CT molecular complexity index is 862. The average molecular weight is 419 g/mol. The summed E-state index contributed by atoms with van der Waals surface area (Å²) in [6.07, 6.45) is 0. The number of rotatable bonds is 2. The summed E-state index contributed by atoms with van der Waals surface area (Å²) in [6.45, 7) is 0. The largest absolute Gasteiger partial charge is 0.340 e. The Morgan fingerprint density at radius 1 is 0.917 bits per heavy atom. The fraction of sp³-hybridized carbons (Fsp3) is 0. The van der Waals surface area contributed by atoms with Crippen LogP contribution >= 0.6 is 58.6 Å². The lowest BCUT2D eigenvalue weighted by molar-refractivity contribution is 0.257. The van der Waals surface area contributed by atoms with Crippen LogP contribution in [-0.2, 0) is 0 Å². The molecule has 4 nitrogen and oxygen atoms in total. The van der Waals surface area contributed by atoms with Gasteiger partial charge in [0.15, 0.2) is 10.8 Å². The molecule has 2 aromatic carbocycles. The number of amides is 2. The molecule has 1 fully saturated rings. The Kier molecular flexibility index (Phi) is 4.73. The molecule has 0 atom stereocenters. The maximum Gasteiger partial charge on any atom is 0.340 e. The molecule has 0 radical (unpaired) electrons. The van der Waals surface area contributed by atoms with Crippen molar-refractivity contribution in [1.82, 2.24) is 0 Å². The Morgan fingerprint density at radius 2 is 1.46 bits per heavy atom. The second kappa shape index (κ2) is 6.50. The van der Waals surface area contributed by atoms with E-state index < -0.39 is 6.03 Å². The van der Waals surface area contributed by atoms with Gasteiger partial charge in [0.25, 0.3) is 0 Å². The molecular formula is C15H7Cl4N3OS. The first kappa shape index (κ1) is 17.5. The number of anilines is 2. The van der Waals surface area contributed by atoms with E-state index in [1.165, 1.54) is 18.2 Å². The monoisotopic (exact) mass is 417 g/mol. The normalized spacial score (nSPS) is 14.8. The zero-order chi connectivity index (χ0) is 17.6. The fourth-order valence-electron chi connectivity index (χ4n) is 2.29. The number of hydrogen-bond donors (Lipinski definition) is 1. The van der Waals surface area contributed by atoms with E-state index in [1.54, 1.807) is 18.2 Å². The predicted octanol–water partition coefficient (Wildman–Crippen LogP) is 6.05. The van der Waals surface area contributed by atoms with Crippen LogP contribution < -0.4 is 9.80 Å². The van der Waals surface area contributed by atoms with Crippen molar-refractivity contribution >= 4 is 86.9 Å². The number of para-hydroxylation sites is 1. The number of urea groups is 1. The minimum Gasteiger partial charge on any atom is -0.281 e. The Balaban J connectivity index is 2.12. The van der Waals surface area contributed by atoms with E-state index in [2.05, 4.69) is 0 Å². The number of nitrogens with zero attached hydrogens (tertiary/aromatic N) is 2. The summed E-state index contributed by atoms with van der Waals surface area (Å²) >= 11 is 29.5. The Labute approximate surface area is 163 Å². The summed E-state index contributed by atoms with van der Waals surface area (Å²) in [4.78, 5) is 15.1. The summed E-state index contributed by atoms with van der Waals surface area (Å²) in [7, 11) is 0. The van der Waals surface area contributed by atoms with Crippen LogP contribution in [0.4, 0.5) is 16.2 Å². The van der Waals surface area contributed by atoms with Crippen molar-refractivity contribution in [2.45, 2.75) is 0 Å². The minimum atomic E-state index is -0.585. The molecule has 0 unspecified atom stereocenters. The molecular weight excluding hydrogens is 412 g/mol. The second-order valence-electron chi connectivity index (χ2n) is 4.81. The van der Waals surface area contributed by atoms with Gasteiger partial charge in [0.1, 0.15) is 0 Å². The molecule has 24 heavy (non-hydrogen) atoms. The van der Waals surface area contributed by atoms with E-state index >= 15 is 0 Å². The molecule has 0 aromatic heterocycles. The van der Waals surface area contributed by atoms with Gasteiger partial charge in [0, 0.05) is 10.0 Å². The van der Waals surface area contributed by atoms with Gasteiger partial charge in [0.05, 0.1) is 21.4 Å².